The Morgan fingerprint density at radius 3 is 2.74 bits per heavy atom. The Hall–Kier alpha value is -2.53. The molecule has 0 fully saturated rings. The molecule has 3 rings (SSSR count). The second-order valence-corrected chi connectivity index (χ2v) is 5.85. The first kappa shape index (κ1) is 15.4. The van der Waals surface area contributed by atoms with Crippen LogP contribution in [0.1, 0.15) is 15.9 Å². The lowest BCUT2D eigenvalue weighted by Crippen LogP contribution is -2.22. The van der Waals surface area contributed by atoms with Crippen molar-refractivity contribution in [1.29, 1.82) is 0 Å². The fourth-order valence-corrected chi connectivity index (χ4v) is 2.60. The average Bonchev–Trinajstić information content (AvgIpc) is 3.15. The van der Waals surface area contributed by atoms with Gasteiger partial charge in [0.25, 0.3) is 5.91 Å². The third-order valence-electron chi connectivity index (χ3n) is 3.41. The molecule has 0 unspecified atom stereocenters. The molecule has 2 aromatic heterocycles. The SMILES string of the molecule is CSc1ccc(C(=O)NCc2cncc(-c3ccco3)c2)cc1. The summed E-state index contributed by atoms with van der Waals surface area (Å²) < 4.78 is 5.36. The van der Waals surface area contributed by atoms with Gasteiger partial charge in [-0.3, -0.25) is 9.78 Å². The molecule has 2 heterocycles. The Labute approximate surface area is 138 Å². The average molecular weight is 324 g/mol. The molecule has 0 saturated heterocycles. The third kappa shape index (κ3) is 3.81. The predicted molar refractivity (Wildman–Crippen MR) is 91.3 cm³/mol. The Bertz CT molecular complexity index is 783. The highest BCUT2D eigenvalue weighted by Crippen LogP contribution is 2.19. The number of nitrogens with zero attached hydrogens (tertiary/aromatic N) is 1. The van der Waals surface area contributed by atoms with Crippen LogP contribution in [0.4, 0.5) is 0 Å². The number of pyridine rings is 1. The summed E-state index contributed by atoms with van der Waals surface area (Å²) >= 11 is 1.65. The first-order chi connectivity index (χ1) is 11.3. The molecule has 5 heteroatoms. The van der Waals surface area contributed by atoms with E-state index in [1.807, 2.05) is 48.7 Å². The Morgan fingerprint density at radius 2 is 2.04 bits per heavy atom. The monoisotopic (exact) mass is 324 g/mol. The standard InChI is InChI=1S/C18H16N2O2S/c1-23-16-6-4-14(5-7-16)18(21)20-11-13-9-15(12-19-10-13)17-3-2-8-22-17/h2-10,12H,11H2,1H3,(H,20,21). The molecule has 0 bridgehead atoms. The second kappa shape index (κ2) is 7.15. The van der Waals surface area contributed by atoms with Crippen LogP contribution in [0.2, 0.25) is 0 Å². The quantitative estimate of drug-likeness (QED) is 0.721. The first-order valence-electron chi connectivity index (χ1n) is 7.16. The lowest BCUT2D eigenvalue weighted by Gasteiger charge is -2.07. The molecule has 116 valence electrons. The molecule has 4 nitrogen and oxygen atoms in total. The van der Waals surface area contributed by atoms with E-state index in [2.05, 4.69) is 10.3 Å². The molecule has 0 radical (unpaired) electrons. The molecule has 0 spiro atoms. The second-order valence-electron chi connectivity index (χ2n) is 4.97. The van der Waals surface area contributed by atoms with Gasteiger partial charge in [0, 0.05) is 35.0 Å². The van der Waals surface area contributed by atoms with Gasteiger partial charge in [-0.15, -0.1) is 11.8 Å². The van der Waals surface area contributed by atoms with Gasteiger partial charge in [0.2, 0.25) is 0 Å². The van der Waals surface area contributed by atoms with Gasteiger partial charge >= 0.3 is 0 Å². The Balaban J connectivity index is 1.65. The molecule has 3 aromatic rings. The van der Waals surface area contributed by atoms with E-state index in [1.165, 1.54) is 0 Å². The van der Waals surface area contributed by atoms with E-state index in [0.717, 1.165) is 21.8 Å². The minimum atomic E-state index is -0.0962. The summed E-state index contributed by atoms with van der Waals surface area (Å²) in [6, 6.07) is 13.2. The zero-order chi connectivity index (χ0) is 16.1. The lowest BCUT2D eigenvalue weighted by atomic mass is 10.1. The predicted octanol–water partition coefficient (Wildman–Crippen LogP) is 3.99. The van der Waals surface area contributed by atoms with Crippen molar-refractivity contribution in [1.82, 2.24) is 10.3 Å². The number of benzene rings is 1. The van der Waals surface area contributed by atoms with Gasteiger partial charge in [0.1, 0.15) is 5.76 Å². The Morgan fingerprint density at radius 1 is 1.22 bits per heavy atom. The highest BCUT2D eigenvalue weighted by molar-refractivity contribution is 7.98. The van der Waals surface area contributed by atoms with E-state index < -0.39 is 0 Å². The molecular formula is C18H16N2O2S. The van der Waals surface area contributed by atoms with Crippen LogP contribution in [0.15, 0.2) is 70.4 Å². The van der Waals surface area contributed by atoms with Crippen molar-refractivity contribution >= 4 is 17.7 Å². The van der Waals surface area contributed by atoms with Gasteiger partial charge in [-0.1, -0.05) is 0 Å². The third-order valence-corrected chi connectivity index (χ3v) is 4.15. The number of rotatable bonds is 5. The molecule has 1 N–H and O–H groups in total. The summed E-state index contributed by atoms with van der Waals surface area (Å²) in [5, 5.41) is 2.91. The van der Waals surface area contributed by atoms with Crippen LogP contribution >= 0.6 is 11.8 Å². The summed E-state index contributed by atoms with van der Waals surface area (Å²) in [6.07, 6.45) is 7.12. The van der Waals surface area contributed by atoms with E-state index >= 15 is 0 Å². The maximum atomic E-state index is 12.2. The van der Waals surface area contributed by atoms with Gasteiger partial charge in [-0.2, -0.15) is 0 Å². The molecule has 0 aliphatic rings. The van der Waals surface area contributed by atoms with Crippen LogP contribution in [-0.4, -0.2) is 17.1 Å². The number of hydrogen-bond donors (Lipinski definition) is 1. The molecule has 0 saturated carbocycles. The topological polar surface area (TPSA) is 55.1 Å². The van der Waals surface area contributed by atoms with Gasteiger partial charge in [0.15, 0.2) is 0 Å². The van der Waals surface area contributed by atoms with E-state index in [4.69, 9.17) is 4.42 Å². The normalized spacial score (nSPS) is 10.5. The van der Waals surface area contributed by atoms with Crippen molar-refractivity contribution in [3.8, 4) is 11.3 Å². The molecule has 1 amide bonds. The maximum absolute atomic E-state index is 12.2. The van der Waals surface area contributed by atoms with E-state index in [0.29, 0.717) is 12.1 Å². The van der Waals surface area contributed by atoms with Crippen molar-refractivity contribution in [2.75, 3.05) is 6.26 Å². The van der Waals surface area contributed by atoms with Crippen molar-refractivity contribution in [3.63, 3.8) is 0 Å². The highest BCUT2D eigenvalue weighted by atomic mass is 32.2. The fraction of sp³-hybridized carbons (Fsp3) is 0.111. The fourth-order valence-electron chi connectivity index (χ4n) is 2.19. The summed E-state index contributed by atoms with van der Waals surface area (Å²) in [4.78, 5) is 17.5. The molecule has 0 aliphatic carbocycles. The highest BCUT2D eigenvalue weighted by Gasteiger charge is 2.07. The summed E-state index contributed by atoms with van der Waals surface area (Å²) in [6.45, 7) is 0.421. The summed E-state index contributed by atoms with van der Waals surface area (Å²) in [5.74, 6) is 0.666. The number of aromatic nitrogens is 1. The molecular weight excluding hydrogens is 308 g/mol. The van der Waals surface area contributed by atoms with E-state index in [9.17, 15) is 4.79 Å². The van der Waals surface area contributed by atoms with Gasteiger partial charge in [-0.25, -0.2) is 0 Å². The van der Waals surface area contributed by atoms with Crippen molar-refractivity contribution < 1.29 is 9.21 Å². The Kier molecular flexibility index (Phi) is 4.78. The minimum absolute atomic E-state index is 0.0962. The van der Waals surface area contributed by atoms with Gasteiger partial charge < -0.3 is 9.73 Å². The minimum Gasteiger partial charge on any atom is -0.464 e. The molecule has 1 aromatic carbocycles. The number of thioether (sulfide) groups is 1. The van der Waals surface area contributed by atoms with Gasteiger partial charge in [-0.05, 0) is 54.3 Å². The van der Waals surface area contributed by atoms with Crippen LogP contribution in [0.5, 0.6) is 0 Å². The van der Waals surface area contributed by atoms with Crippen LogP contribution < -0.4 is 5.32 Å². The van der Waals surface area contributed by atoms with Crippen LogP contribution in [0.3, 0.4) is 0 Å². The van der Waals surface area contributed by atoms with Crippen molar-refractivity contribution in [3.05, 3.63) is 72.2 Å². The van der Waals surface area contributed by atoms with Crippen LogP contribution in [0, 0.1) is 0 Å². The number of hydrogen-bond acceptors (Lipinski definition) is 4. The summed E-state index contributed by atoms with van der Waals surface area (Å²) in [7, 11) is 0. The molecule has 0 aliphatic heterocycles. The largest absolute Gasteiger partial charge is 0.464 e. The lowest BCUT2D eigenvalue weighted by molar-refractivity contribution is 0.0951. The van der Waals surface area contributed by atoms with Crippen LogP contribution in [-0.2, 0) is 6.54 Å². The zero-order valence-electron chi connectivity index (χ0n) is 12.7. The molecule has 0 atom stereocenters. The number of nitrogens with one attached hydrogen (secondary N) is 1. The number of furan rings is 1. The van der Waals surface area contributed by atoms with Crippen molar-refractivity contribution in [2.45, 2.75) is 11.4 Å². The number of carbonyl (C=O) groups is 1. The van der Waals surface area contributed by atoms with E-state index in [1.54, 1.807) is 30.4 Å². The van der Waals surface area contributed by atoms with Gasteiger partial charge in [0.05, 0.1) is 6.26 Å². The first-order valence-corrected chi connectivity index (χ1v) is 8.39. The zero-order valence-corrected chi connectivity index (χ0v) is 13.5. The smallest absolute Gasteiger partial charge is 0.251 e. The molecule has 23 heavy (non-hydrogen) atoms. The number of carbonyl (C=O) groups excluding carboxylic acids is 1. The van der Waals surface area contributed by atoms with Crippen molar-refractivity contribution in [2.24, 2.45) is 0 Å². The maximum Gasteiger partial charge on any atom is 0.251 e. The summed E-state index contributed by atoms with van der Waals surface area (Å²) in [5.41, 5.74) is 2.47. The van der Waals surface area contributed by atoms with Crippen LogP contribution in [0.25, 0.3) is 11.3 Å². The van der Waals surface area contributed by atoms with E-state index in [-0.39, 0.29) is 5.91 Å². The number of amides is 1.